The fraction of sp³-hybridized carbons (Fsp3) is 0.857. The van der Waals surface area contributed by atoms with Gasteiger partial charge in [-0.05, 0) is 23.3 Å². The number of aliphatic imine (C=N–C) groups is 1. The summed E-state index contributed by atoms with van der Waals surface area (Å²) < 4.78 is 27.2. The fourth-order valence-electron chi connectivity index (χ4n) is 4.11. The van der Waals surface area contributed by atoms with Gasteiger partial charge in [-0.3, -0.25) is 4.99 Å². The molecule has 2 rings (SSSR count). The first-order valence-electron chi connectivity index (χ1n) is 10.1. The summed E-state index contributed by atoms with van der Waals surface area (Å²) in [5, 5.41) is 0. The maximum Gasteiger partial charge on any atom is 0.211 e. The number of fused-ring (bicyclic) bond motifs is 1. The maximum absolute atomic E-state index is 12.2. The van der Waals surface area contributed by atoms with E-state index < -0.39 is 10.0 Å². The van der Waals surface area contributed by atoms with Gasteiger partial charge in [0.1, 0.15) is 5.84 Å². The molecule has 156 valence electrons. The van der Waals surface area contributed by atoms with Crippen LogP contribution in [0.4, 0.5) is 0 Å². The molecule has 5 nitrogen and oxygen atoms in total. The van der Waals surface area contributed by atoms with Crippen LogP contribution in [0.1, 0.15) is 75.7 Å². The predicted octanol–water partition coefficient (Wildman–Crippen LogP) is 4.17. The topological polar surface area (TPSA) is 61.8 Å². The first kappa shape index (κ1) is 22.4. The Balaban J connectivity index is 2.61. The van der Waals surface area contributed by atoms with Gasteiger partial charge in [-0.15, -0.1) is 0 Å². The summed E-state index contributed by atoms with van der Waals surface area (Å²) in [5.74, 6) is 1.18. The van der Waals surface area contributed by atoms with Crippen molar-refractivity contribution in [2.45, 2.75) is 87.7 Å². The Morgan fingerprint density at radius 3 is 2.00 bits per heavy atom. The molecular weight excluding hydrogens is 358 g/mol. The van der Waals surface area contributed by atoms with E-state index in [2.05, 4.69) is 71.9 Å². The van der Waals surface area contributed by atoms with E-state index in [1.165, 1.54) is 11.3 Å². The van der Waals surface area contributed by atoms with Crippen LogP contribution >= 0.6 is 0 Å². The van der Waals surface area contributed by atoms with Crippen LogP contribution in [0.25, 0.3) is 0 Å². The van der Waals surface area contributed by atoms with E-state index in [-0.39, 0.29) is 34.1 Å². The van der Waals surface area contributed by atoms with E-state index in [0.29, 0.717) is 6.54 Å². The molecule has 2 atom stereocenters. The number of hydrogen-bond acceptors (Lipinski definition) is 4. The summed E-state index contributed by atoms with van der Waals surface area (Å²) in [6.45, 7) is 22.4. The third-order valence-electron chi connectivity index (χ3n) is 5.29. The van der Waals surface area contributed by atoms with Gasteiger partial charge < -0.3 is 4.90 Å². The van der Waals surface area contributed by atoms with Crippen molar-refractivity contribution < 1.29 is 8.42 Å². The van der Waals surface area contributed by atoms with Crippen LogP contribution < -0.4 is 4.72 Å². The zero-order valence-electron chi connectivity index (χ0n) is 18.9. The van der Waals surface area contributed by atoms with Gasteiger partial charge in [-0.25, -0.2) is 13.1 Å². The van der Waals surface area contributed by atoms with Crippen molar-refractivity contribution in [3.8, 4) is 0 Å². The Kier molecular flexibility index (Phi) is 5.70. The highest BCUT2D eigenvalue weighted by molar-refractivity contribution is 7.89. The Morgan fingerprint density at radius 2 is 1.59 bits per heavy atom. The van der Waals surface area contributed by atoms with Gasteiger partial charge in [0.2, 0.25) is 10.0 Å². The molecule has 0 spiro atoms. The quantitative estimate of drug-likeness (QED) is 0.777. The third-order valence-corrected chi connectivity index (χ3v) is 6.74. The lowest BCUT2D eigenvalue weighted by Crippen LogP contribution is -2.47. The van der Waals surface area contributed by atoms with E-state index in [1.54, 1.807) is 6.92 Å². The Hall–Kier alpha value is -0.880. The lowest BCUT2D eigenvalue weighted by Gasteiger charge is -2.45. The van der Waals surface area contributed by atoms with Gasteiger partial charge in [0, 0.05) is 30.1 Å². The van der Waals surface area contributed by atoms with Crippen molar-refractivity contribution in [3.63, 3.8) is 0 Å². The molecule has 0 aromatic carbocycles. The summed E-state index contributed by atoms with van der Waals surface area (Å²) in [6.07, 6.45) is 0.730. The summed E-state index contributed by atoms with van der Waals surface area (Å²) in [4.78, 5) is 7.57. The zero-order chi connectivity index (χ0) is 21.0. The number of nitrogens with one attached hydrogen (secondary N) is 1. The van der Waals surface area contributed by atoms with Gasteiger partial charge in [0.15, 0.2) is 0 Å². The highest BCUT2D eigenvalue weighted by Gasteiger charge is 2.46. The van der Waals surface area contributed by atoms with Crippen molar-refractivity contribution >= 4 is 15.9 Å². The van der Waals surface area contributed by atoms with E-state index in [4.69, 9.17) is 4.99 Å². The number of rotatable bonds is 3. The molecule has 2 unspecified atom stereocenters. The molecule has 0 aromatic heterocycles. The van der Waals surface area contributed by atoms with Crippen LogP contribution in [-0.2, 0) is 10.0 Å². The SMILES string of the molecule is CCS(=O)(=O)NC1CC2=C(C(C)(C)C)C(C(C)(C)C)N=C(C(C)(C)C)N2C1. The predicted molar refractivity (Wildman–Crippen MR) is 114 cm³/mol. The second kappa shape index (κ2) is 6.87. The van der Waals surface area contributed by atoms with Crippen LogP contribution in [0.3, 0.4) is 0 Å². The molecule has 1 saturated heterocycles. The van der Waals surface area contributed by atoms with Crippen molar-refractivity contribution in [1.29, 1.82) is 0 Å². The molecule has 6 heteroatoms. The second-order valence-electron chi connectivity index (χ2n) is 11.1. The first-order valence-corrected chi connectivity index (χ1v) is 11.7. The number of sulfonamides is 1. The minimum absolute atomic E-state index is 0.000780. The third kappa shape index (κ3) is 4.76. The fourth-order valence-corrected chi connectivity index (χ4v) is 4.94. The number of nitrogens with zero attached hydrogens (tertiary/aromatic N) is 2. The van der Waals surface area contributed by atoms with Gasteiger partial charge in [0.05, 0.1) is 11.8 Å². The maximum atomic E-state index is 12.2. The molecule has 2 aliphatic heterocycles. The smallest absolute Gasteiger partial charge is 0.211 e. The molecule has 0 aromatic rings. The Morgan fingerprint density at radius 1 is 1.04 bits per heavy atom. The summed E-state index contributed by atoms with van der Waals surface area (Å²) in [5.41, 5.74) is 2.49. The molecule has 27 heavy (non-hydrogen) atoms. The van der Waals surface area contributed by atoms with Crippen molar-refractivity contribution in [1.82, 2.24) is 9.62 Å². The molecular formula is C21H39N3O2S. The van der Waals surface area contributed by atoms with Gasteiger partial charge in [-0.2, -0.15) is 0 Å². The van der Waals surface area contributed by atoms with Gasteiger partial charge >= 0.3 is 0 Å². The van der Waals surface area contributed by atoms with Gasteiger partial charge in [0.25, 0.3) is 0 Å². The lowest BCUT2D eigenvalue weighted by molar-refractivity contribution is 0.285. The molecule has 2 heterocycles. The standard InChI is InChI=1S/C21H39N3O2S/c1-11-27(25,26)23-14-12-15-16(19(2,3)4)17(20(5,6)7)22-18(21(8,9)10)24(15)13-14/h14,17,23H,11-13H2,1-10H3. The van der Waals surface area contributed by atoms with E-state index >= 15 is 0 Å². The summed E-state index contributed by atoms with van der Waals surface area (Å²) in [7, 11) is -3.23. The van der Waals surface area contributed by atoms with Crippen LogP contribution in [0.5, 0.6) is 0 Å². The van der Waals surface area contributed by atoms with Gasteiger partial charge in [-0.1, -0.05) is 62.3 Å². The number of amidine groups is 1. The first-order chi connectivity index (χ1) is 12.0. The van der Waals surface area contributed by atoms with Crippen LogP contribution in [0.2, 0.25) is 0 Å². The Labute approximate surface area is 166 Å². The zero-order valence-corrected chi connectivity index (χ0v) is 19.7. The largest absolute Gasteiger partial charge is 0.332 e. The second-order valence-corrected chi connectivity index (χ2v) is 13.2. The molecule has 0 radical (unpaired) electrons. The minimum Gasteiger partial charge on any atom is -0.332 e. The monoisotopic (exact) mass is 397 g/mol. The van der Waals surface area contributed by atoms with Crippen LogP contribution in [-0.4, -0.2) is 43.5 Å². The molecule has 0 aliphatic carbocycles. The average Bonchev–Trinajstić information content (AvgIpc) is 2.83. The highest BCUT2D eigenvalue weighted by atomic mass is 32.2. The normalized spacial score (nSPS) is 25.0. The molecule has 0 bridgehead atoms. The molecule has 1 fully saturated rings. The average molecular weight is 398 g/mol. The van der Waals surface area contributed by atoms with Crippen LogP contribution in [0, 0.1) is 16.2 Å². The summed E-state index contributed by atoms with van der Waals surface area (Å²) in [6, 6.07) is -0.00641. The van der Waals surface area contributed by atoms with Crippen molar-refractivity contribution in [2.75, 3.05) is 12.3 Å². The lowest BCUT2D eigenvalue weighted by atomic mass is 9.70. The molecule has 1 N–H and O–H groups in total. The number of hydrogen-bond donors (Lipinski definition) is 1. The highest BCUT2D eigenvalue weighted by Crippen LogP contribution is 2.47. The molecule has 2 aliphatic rings. The minimum atomic E-state index is -3.23. The molecule has 0 saturated carbocycles. The van der Waals surface area contributed by atoms with E-state index in [0.717, 1.165) is 12.3 Å². The Bertz CT molecular complexity index is 744. The summed E-state index contributed by atoms with van der Waals surface area (Å²) >= 11 is 0. The van der Waals surface area contributed by atoms with E-state index in [9.17, 15) is 8.42 Å². The van der Waals surface area contributed by atoms with Crippen molar-refractivity contribution in [3.05, 3.63) is 11.3 Å². The molecule has 0 amide bonds. The van der Waals surface area contributed by atoms with Crippen LogP contribution in [0.15, 0.2) is 16.3 Å². The van der Waals surface area contributed by atoms with Crippen molar-refractivity contribution in [2.24, 2.45) is 21.2 Å². The van der Waals surface area contributed by atoms with E-state index in [1.807, 2.05) is 0 Å².